The maximum Gasteiger partial charge on any atom is 0.115 e. The summed E-state index contributed by atoms with van der Waals surface area (Å²) in [6, 6.07) is 14.7. The lowest BCUT2D eigenvalue weighted by atomic mass is 9.89. The molecule has 0 unspecified atom stereocenters. The van der Waals surface area contributed by atoms with E-state index in [0.29, 0.717) is 5.88 Å². The van der Waals surface area contributed by atoms with Crippen molar-refractivity contribution in [3.8, 4) is 11.5 Å². The quantitative estimate of drug-likeness (QED) is 0.381. The lowest BCUT2D eigenvalue weighted by Crippen LogP contribution is -1.94. The molecule has 0 saturated heterocycles. The predicted octanol–water partition coefficient (Wildman–Crippen LogP) is 5.83. The maximum atomic E-state index is 9.53. The Bertz CT molecular complexity index is 642. The van der Waals surface area contributed by atoms with Gasteiger partial charge in [0, 0.05) is 5.88 Å². The Labute approximate surface area is 143 Å². The number of allylic oxidation sites excluding steroid dienone is 2. The fourth-order valence-electron chi connectivity index (χ4n) is 2.78. The summed E-state index contributed by atoms with van der Waals surface area (Å²) in [4.78, 5) is 0. The third-order valence-electron chi connectivity index (χ3n) is 3.96. The number of hydrogen-bond donors (Lipinski definition) is 2. The fraction of sp³-hybridized carbons (Fsp3) is 0.300. The third kappa shape index (κ3) is 4.77. The molecule has 0 amide bonds. The topological polar surface area (TPSA) is 40.5 Å². The summed E-state index contributed by atoms with van der Waals surface area (Å²) in [5.41, 5.74) is 4.80. The van der Waals surface area contributed by atoms with Gasteiger partial charge in [-0.1, -0.05) is 31.2 Å². The van der Waals surface area contributed by atoms with Crippen molar-refractivity contribution in [3.63, 3.8) is 0 Å². The van der Waals surface area contributed by atoms with E-state index in [4.69, 9.17) is 11.6 Å². The zero-order valence-electron chi connectivity index (χ0n) is 13.4. The van der Waals surface area contributed by atoms with Gasteiger partial charge in [0.1, 0.15) is 11.5 Å². The van der Waals surface area contributed by atoms with Crippen LogP contribution in [0.5, 0.6) is 11.5 Å². The highest BCUT2D eigenvalue weighted by molar-refractivity contribution is 6.17. The summed E-state index contributed by atoms with van der Waals surface area (Å²) in [5, 5.41) is 19.0. The summed E-state index contributed by atoms with van der Waals surface area (Å²) < 4.78 is 0. The Morgan fingerprint density at radius 1 is 0.783 bits per heavy atom. The van der Waals surface area contributed by atoms with E-state index < -0.39 is 0 Å². The molecule has 0 spiro atoms. The molecule has 0 aliphatic heterocycles. The molecule has 2 N–H and O–H groups in total. The molecule has 0 saturated carbocycles. The second-order valence-electron chi connectivity index (χ2n) is 5.55. The fourth-order valence-corrected chi connectivity index (χ4v) is 2.97. The van der Waals surface area contributed by atoms with Crippen LogP contribution in [0.4, 0.5) is 0 Å². The molecular formula is C20H23ClO2. The van der Waals surface area contributed by atoms with Crippen molar-refractivity contribution in [1.29, 1.82) is 0 Å². The van der Waals surface area contributed by atoms with E-state index in [9.17, 15) is 10.2 Å². The van der Waals surface area contributed by atoms with E-state index in [-0.39, 0.29) is 11.5 Å². The van der Waals surface area contributed by atoms with Gasteiger partial charge in [-0.15, -0.1) is 11.6 Å². The molecule has 0 aliphatic carbocycles. The predicted molar refractivity (Wildman–Crippen MR) is 97.9 cm³/mol. The molecule has 3 heteroatoms. The third-order valence-corrected chi connectivity index (χ3v) is 4.23. The molecule has 0 heterocycles. The molecule has 2 aromatic rings. The van der Waals surface area contributed by atoms with Gasteiger partial charge < -0.3 is 10.2 Å². The average Bonchev–Trinajstić information content (AvgIpc) is 2.57. The normalized spacial score (nSPS) is 12.1. The van der Waals surface area contributed by atoms with Crippen molar-refractivity contribution in [3.05, 3.63) is 59.7 Å². The zero-order valence-corrected chi connectivity index (χ0v) is 14.2. The Morgan fingerprint density at radius 3 is 1.70 bits per heavy atom. The molecule has 2 nitrogen and oxygen atoms in total. The van der Waals surface area contributed by atoms with Crippen LogP contribution in [0, 0.1) is 0 Å². The Hall–Kier alpha value is -1.93. The van der Waals surface area contributed by atoms with Crippen LogP contribution in [0.15, 0.2) is 48.5 Å². The number of halogens is 1. The number of hydrogen-bond acceptors (Lipinski definition) is 2. The van der Waals surface area contributed by atoms with Gasteiger partial charge in [0.2, 0.25) is 0 Å². The van der Waals surface area contributed by atoms with Gasteiger partial charge in [-0.05, 0) is 72.2 Å². The number of rotatable bonds is 7. The van der Waals surface area contributed by atoms with Gasteiger partial charge in [-0.25, -0.2) is 0 Å². The highest BCUT2D eigenvalue weighted by atomic mass is 35.5. The maximum absolute atomic E-state index is 9.53. The van der Waals surface area contributed by atoms with E-state index in [1.54, 1.807) is 24.3 Å². The van der Waals surface area contributed by atoms with Crippen LogP contribution >= 0.6 is 11.6 Å². The smallest absolute Gasteiger partial charge is 0.115 e. The van der Waals surface area contributed by atoms with Crippen LogP contribution in [0.25, 0.3) is 11.1 Å². The van der Waals surface area contributed by atoms with Crippen molar-refractivity contribution >= 4 is 22.7 Å². The molecule has 0 aliphatic rings. The number of alkyl halides is 1. The van der Waals surface area contributed by atoms with E-state index in [2.05, 4.69) is 6.92 Å². The first-order valence-corrected chi connectivity index (χ1v) is 8.56. The molecule has 0 atom stereocenters. The first-order chi connectivity index (χ1) is 11.2. The minimum atomic E-state index is 0.275. The van der Waals surface area contributed by atoms with E-state index >= 15 is 0 Å². The molecule has 2 rings (SSSR count). The number of phenols is 2. The van der Waals surface area contributed by atoms with Gasteiger partial charge in [-0.2, -0.15) is 0 Å². The SMILES string of the molecule is CC/C(=C(/CCCCCl)c1ccc(O)cc1)c1ccc(O)cc1. The van der Waals surface area contributed by atoms with Crippen molar-refractivity contribution in [2.45, 2.75) is 32.6 Å². The Kier molecular flexibility index (Phi) is 6.54. The first kappa shape index (κ1) is 17.4. The minimum Gasteiger partial charge on any atom is -0.508 e. The molecular weight excluding hydrogens is 308 g/mol. The second-order valence-corrected chi connectivity index (χ2v) is 5.93. The van der Waals surface area contributed by atoms with Crippen LogP contribution in [0.3, 0.4) is 0 Å². The summed E-state index contributed by atoms with van der Waals surface area (Å²) in [5.74, 6) is 1.22. The van der Waals surface area contributed by atoms with Crippen molar-refractivity contribution in [2.75, 3.05) is 5.88 Å². The Balaban J connectivity index is 2.46. The van der Waals surface area contributed by atoms with Crippen LogP contribution in [-0.4, -0.2) is 16.1 Å². The molecule has 0 bridgehead atoms. The molecule has 0 aromatic heterocycles. The molecule has 2 aromatic carbocycles. The average molecular weight is 331 g/mol. The largest absolute Gasteiger partial charge is 0.508 e. The van der Waals surface area contributed by atoms with Gasteiger partial charge >= 0.3 is 0 Å². The molecule has 23 heavy (non-hydrogen) atoms. The number of unbranched alkanes of at least 4 members (excludes halogenated alkanes) is 1. The number of benzene rings is 2. The highest BCUT2D eigenvalue weighted by Gasteiger charge is 2.11. The van der Waals surface area contributed by atoms with Crippen LogP contribution in [0.1, 0.15) is 43.7 Å². The second kappa shape index (κ2) is 8.64. The van der Waals surface area contributed by atoms with Crippen LogP contribution < -0.4 is 0 Å². The number of phenolic OH excluding ortho intramolecular Hbond substituents is 2. The van der Waals surface area contributed by atoms with E-state index in [0.717, 1.165) is 36.8 Å². The zero-order chi connectivity index (χ0) is 16.7. The highest BCUT2D eigenvalue weighted by Crippen LogP contribution is 2.34. The van der Waals surface area contributed by atoms with Gasteiger partial charge in [0.25, 0.3) is 0 Å². The van der Waals surface area contributed by atoms with Gasteiger partial charge in [0.05, 0.1) is 0 Å². The van der Waals surface area contributed by atoms with Gasteiger partial charge in [-0.3, -0.25) is 0 Å². The van der Waals surface area contributed by atoms with Crippen LogP contribution in [0.2, 0.25) is 0 Å². The molecule has 0 fully saturated rings. The summed E-state index contributed by atoms with van der Waals surface area (Å²) in [6.45, 7) is 2.14. The summed E-state index contributed by atoms with van der Waals surface area (Å²) >= 11 is 5.82. The van der Waals surface area contributed by atoms with Gasteiger partial charge in [0.15, 0.2) is 0 Å². The lowest BCUT2D eigenvalue weighted by molar-refractivity contribution is 0.474. The summed E-state index contributed by atoms with van der Waals surface area (Å²) in [7, 11) is 0. The number of aromatic hydroxyl groups is 2. The standard InChI is InChI=1S/C20H23ClO2/c1-2-19(15-6-10-17(22)11-7-15)20(5-3-4-14-21)16-8-12-18(23)13-9-16/h6-13,22-23H,2-5,14H2,1H3/b20-19+. The Morgan fingerprint density at radius 2 is 1.26 bits per heavy atom. The molecule has 122 valence electrons. The first-order valence-electron chi connectivity index (χ1n) is 8.02. The van der Waals surface area contributed by atoms with Crippen molar-refractivity contribution in [2.24, 2.45) is 0 Å². The van der Waals surface area contributed by atoms with Crippen molar-refractivity contribution in [1.82, 2.24) is 0 Å². The monoisotopic (exact) mass is 330 g/mol. The minimum absolute atomic E-state index is 0.275. The van der Waals surface area contributed by atoms with Crippen LogP contribution in [-0.2, 0) is 0 Å². The molecule has 0 radical (unpaired) electrons. The van der Waals surface area contributed by atoms with E-state index in [1.165, 1.54) is 11.1 Å². The van der Waals surface area contributed by atoms with E-state index in [1.807, 2.05) is 24.3 Å². The van der Waals surface area contributed by atoms with Crippen molar-refractivity contribution < 1.29 is 10.2 Å². The summed E-state index contributed by atoms with van der Waals surface area (Å²) in [6.07, 6.45) is 3.86. The lowest BCUT2D eigenvalue weighted by Gasteiger charge is -2.16.